The van der Waals surface area contributed by atoms with Crippen LogP contribution in [0.3, 0.4) is 0 Å². The van der Waals surface area contributed by atoms with Crippen LogP contribution in [0.1, 0.15) is 0 Å². The second-order valence-corrected chi connectivity index (χ2v) is 3.97. The first kappa shape index (κ1) is 10.8. The molecule has 0 saturated carbocycles. The SMILES string of the molecule is COc1cccc(NCC2(C#N)COC2)c1. The molecular formula is C12H14N2O2. The van der Waals surface area contributed by atoms with Crippen LogP contribution in [0.25, 0.3) is 0 Å². The normalized spacial score (nSPS) is 17.0. The minimum atomic E-state index is -0.358. The zero-order chi connectivity index (χ0) is 11.4. The van der Waals surface area contributed by atoms with E-state index in [1.807, 2.05) is 24.3 Å². The van der Waals surface area contributed by atoms with Crippen molar-refractivity contribution in [2.24, 2.45) is 5.41 Å². The van der Waals surface area contributed by atoms with Gasteiger partial charge in [0.15, 0.2) is 0 Å². The quantitative estimate of drug-likeness (QED) is 0.834. The molecule has 0 unspecified atom stereocenters. The molecule has 84 valence electrons. The molecule has 1 saturated heterocycles. The van der Waals surface area contributed by atoms with E-state index in [1.54, 1.807) is 7.11 Å². The summed E-state index contributed by atoms with van der Waals surface area (Å²) in [7, 11) is 1.63. The molecule has 16 heavy (non-hydrogen) atoms. The van der Waals surface area contributed by atoms with Crippen molar-refractivity contribution >= 4 is 5.69 Å². The molecule has 0 aromatic heterocycles. The van der Waals surface area contributed by atoms with Gasteiger partial charge < -0.3 is 14.8 Å². The Bertz CT molecular complexity index is 408. The Morgan fingerprint density at radius 3 is 2.94 bits per heavy atom. The molecule has 0 aliphatic carbocycles. The van der Waals surface area contributed by atoms with E-state index in [0.29, 0.717) is 19.8 Å². The average Bonchev–Trinajstić information content (AvgIpc) is 2.29. The van der Waals surface area contributed by atoms with Crippen molar-refractivity contribution in [1.82, 2.24) is 0 Å². The summed E-state index contributed by atoms with van der Waals surface area (Å²) >= 11 is 0. The van der Waals surface area contributed by atoms with Crippen LogP contribution in [0.15, 0.2) is 24.3 Å². The number of rotatable bonds is 4. The second-order valence-electron chi connectivity index (χ2n) is 3.97. The van der Waals surface area contributed by atoms with E-state index in [-0.39, 0.29) is 5.41 Å². The average molecular weight is 218 g/mol. The van der Waals surface area contributed by atoms with E-state index in [1.165, 1.54) is 0 Å². The highest BCUT2D eigenvalue weighted by Crippen LogP contribution is 2.27. The van der Waals surface area contributed by atoms with E-state index in [4.69, 9.17) is 14.7 Å². The Hall–Kier alpha value is -1.73. The van der Waals surface area contributed by atoms with Gasteiger partial charge in [-0.1, -0.05) is 6.07 Å². The molecule has 0 amide bonds. The molecule has 4 nitrogen and oxygen atoms in total. The summed E-state index contributed by atoms with van der Waals surface area (Å²) < 4.78 is 10.2. The summed E-state index contributed by atoms with van der Waals surface area (Å²) in [5, 5.41) is 12.3. The van der Waals surface area contributed by atoms with Crippen molar-refractivity contribution < 1.29 is 9.47 Å². The van der Waals surface area contributed by atoms with E-state index in [9.17, 15) is 0 Å². The number of nitrogens with zero attached hydrogens (tertiary/aromatic N) is 1. The van der Waals surface area contributed by atoms with E-state index in [0.717, 1.165) is 11.4 Å². The summed E-state index contributed by atoms with van der Waals surface area (Å²) in [4.78, 5) is 0. The monoisotopic (exact) mass is 218 g/mol. The molecule has 4 heteroatoms. The van der Waals surface area contributed by atoms with Gasteiger partial charge >= 0.3 is 0 Å². The highest BCUT2D eigenvalue weighted by molar-refractivity contribution is 5.48. The minimum Gasteiger partial charge on any atom is -0.497 e. The smallest absolute Gasteiger partial charge is 0.121 e. The topological polar surface area (TPSA) is 54.3 Å². The van der Waals surface area contributed by atoms with Gasteiger partial charge in [-0.15, -0.1) is 0 Å². The van der Waals surface area contributed by atoms with Crippen LogP contribution in [-0.2, 0) is 4.74 Å². The third kappa shape index (κ3) is 2.10. The first-order chi connectivity index (χ1) is 7.78. The summed E-state index contributed by atoms with van der Waals surface area (Å²) in [6.45, 7) is 1.64. The molecule has 1 aromatic rings. The van der Waals surface area contributed by atoms with Gasteiger partial charge in [0.05, 0.1) is 26.4 Å². The van der Waals surface area contributed by atoms with Gasteiger partial charge in [-0.3, -0.25) is 0 Å². The van der Waals surface area contributed by atoms with Gasteiger partial charge in [-0.25, -0.2) is 0 Å². The molecule has 1 aliphatic rings. The Morgan fingerprint density at radius 1 is 1.56 bits per heavy atom. The molecule has 0 bridgehead atoms. The number of hydrogen-bond donors (Lipinski definition) is 1. The maximum Gasteiger partial charge on any atom is 0.121 e. The van der Waals surface area contributed by atoms with Crippen LogP contribution in [0.2, 0.25) is 0 Å². The Morgan fingerprint density at radius 2 is 2.38 bits per heavy atom. The van der Waals surface area contributed by atoms with Crippen molar-refractivity contribution in [3.63, 3.8) is 0 Å². The van der Waals surface area contributed by atoms with Crippen LogP contribution in [0.4, 0.5) is 5.69 Å². The standard InChI is InChI=1S/C12H14N2O2/c1-15-11-4-2-3-10(5-11)14-7-12(6-13)8-16-9-12/h2-5,14H,7-9H2,1H3. The first-order valence-corrected chi connectivity index (χ1v) is 5.15. The Balaban J connectivity index is 1.97. The third-order valence-corrected chi connectivity index (χ3v) is 2.69. The van der Waals surface area contributed by atoms with Gasteiger partial charge in [0.2, 0.25) is 0 Å². The van der Waals surface area contributed by atoms with Gasteiger partial charge in [0.1, 0.15) is 11.2 Å². The number of hydrogen-bond acceptors (Lipinski definition) is 4. The fourth-order valence-corrected chi connectivity index (χ4v) is 1.56. The number of methoxy groups -OCH3 is 1. The fourth-order valence-electron chi connectivity index (χ4n) is 1.56. The molecular weight excluding hydrogens is 204 g/mol. The first-order valence-electron chi connectivity index (χ1n) is 5.15. The number of nitrogens with one attached hydrogen (secondary N) is 1. The molecule has 2 rings (SSSR count). The van der Waals surface area contributed by atoms with Crippen LogP contribution >= 0.6 is 0 Å². The maximum atomic E-state index is 9.02. The summed E-state index contributed by atoms with van der Waals surface area (Å²) in [6, 6.07) is 9.95. The molecule has 0 spiro atoms. The molecule has 1 heterocycles. The maximum absolute atomic E-state index is 9.02. The van der Waals surface area contributed by atoms with Crippen LogP contribution in [0.5, 0.6) is 5.75 Å². The Kier molecular flexibility index (Phi) is 2.97. The lowest BCUT2D eigenvalue weighted by molar-refractivity contribution is -0.0690. The lowest BCUT2D eigenvalue weighted by Crippen LogP contribution is -2.46. The lowest BCUT2D eigenvalue weighted by Gasteiger charge is -2.35. The molecule has 0 atom stereocenters. The van der Waals surface area contributed by atoms with Crippen molar-refractivity contribution in [3.8, 4) is 11.8 Å². The zero-order valence-electron chi connectivity index (χ0n) is 9.19. The van der Waals surface area contributed by atoms with Crippen molar-refractivity contribution in [2.75, 3.05) is 32.2 Å². The molecule has 1 aliphatic heterocycles. The molecule has 0 radical (unpaired) electrons. The van der Waals surface area contributed by atoms with E-state index in [2.05, 4.69) is 11.4 Å². The van der Waals surface area contributed by atoms with Crippen LogP contribution < -0.4 is 10.1 Å². The summed E-state index contributed by atoms with van der Waals surface area (Å²) in [5.74, 6) is 0.806. The molecule has 1 N–H and O–H groups in total. The summed E-state index contributed by atoms with van der Waals surface area (Å²) in [6.07, 6.45) is 0. The Labute approximate surface area is 94.8 Å². The van der Waals surface area contributed by atoms with Crippen molar-refractivity contribution in [1.29, 1.82) is 5.26 Å². The van der Waals surface area contributed by atoms with Crippen LogP contribution in [0, 0.1) is 16.7 Å². The largest absolute Gasteiger partial charge is 0.497 e. The van der Waals surface area contributed by atoms with Gasteiger partial charge in [-0.05, 0) is 12.1 Å². The number of anilines is 1. The number of nitriles is 1. The second kappa shape index (κ2) is 4.42. The predicted molar refractivity (Wildman–Crippen MR) is 60.3 cm³/mol. The van der Waals surface area contributed by atoms with E-state index < -0.39 is 0 Å². The lowest BCUT2D eigenvalue weighted by atomic mass is 9.88. The van der Waals surface area contributed by atoms with Gasteiger partial charge in [0, 0.05) is 18.3 Å². The van der Waals surface area contributed by atoms with Crippen molar-refractivity contribution in [3.05, 3.63) is 24.3 Å². The van der Waals surface area contributed by atoms with Crippen molar-refractivity contribution in [2.45, 2.75) is 0 Å². The predicted octanol–water partition coefficient (Wildman–Crippen LogP) is 1.65. The highest BCUT2D eigenvalue weighted by atomic mass is 16.5. The minimum absolute atomic E-state index is 0.358. The third-order valence-electron chi connectivity index (χ3n) is 2.69. The van der Waals surface area contributed by atoms with Gasteiger partial charge in [-0.2, -0.15) is 5.26 Å². The van der Waals surface area contributed by atoms with Gasteiger partial charge in [0.25, 0.3) is 0 Å². The molecule has 1 fully saturated rings. The fraction of sp³-hybridized carbons (Fsp3) is 0.417. The number of ether oxygens (including phenoxy) is 2. The van der Waals surface area contributed by atoms with Crippen LogP contribution in [-0.4, -0.2) is 26.9 Å². The summed E-state index contributed by atoms with van der Waals surface area (Å²) in [5.41, 5.74) is 0.601. The highest BCUT2D eigenvalue weighted by Gasteiger charge is 2.38. The van der Waals surface area contributed by atoms with E-state index >= 15 is 0 Å². The number of benzene rings is 1. The molecule has 1 aromatic carbocycles. The zero-order valence-corrected chi connectivity index (χ0v) is 9.19.